The van der Waals surface area contributed by atoms with Gasteiger partial charge in [-0.15, -0.1) is 5.10 Å². The zero-order valence-electron chi connectivity index (χ0n) is 19.7. The molecule has 0 aliphatic carbocycles. The molecule has 1 aromatic heterocycles. The minimum atomic E-state index is -0.223. The summed E-state index contributed by atoms with van der Waals surface area (Å²) in [5, 5.41) is 16.7. The molecule has 3 aromatic rings. The molecule has 0 bridgehead atoms. The Balaban J connectivity index is 1.99. The summed E-state index contributed by atoms with van der Waals surface area (Å²) in [6, 6.07) is 16.7. The number of nitrogens with one attached hydrogen (secondary N) is 1. The van der Waals surface area contributed by atoms with Crippen LogP contribution in [0.4, 0.5) is 0 Å². The van der Waals surface area contributed by atoms with E-state index in [0.717, 1.165) is 17.8 Å². The Morgan fingerprint density at radius 2 is 1.71 bits per heavy atom. The molecule has 0 saturated heterocycles. The number of tetrazole rings is 1. The molecule has 0 aliphatic heterocycles. The van der Waals surface area contributed by atoms with Gasteiger partial charge in [0, 0.05) is 13.1 Å². The van der Waals surface area contributed by atoms with Crippen LogP contribution in [-0.4, -0.2) is 20.2 Å². The lowest BCUT2D eigenvalue weighted by atomic mass is 9.81. The molecule has 0 aliphatic rings. The van der Waals surface area contributed by atoms with Crippen molar-refractivity contribution in [3.63, 3.8) is 0 Å². The Hall–Kier alpha value is -2.57. The van der Waals surface area contributed by atoms with Crippen LogP contribution < -0.4 is 11.1 Å². The van der Waals surface area contributed by atoms with Gasteiger partial charge in [0.05, 0.1) is 11.6 Å². The SMILES string of the molecule is Cc1ccccc1C(NCc1cccc(CN)c1)c1nnnn1C(C)(C)CC(C)(C)C. The van der Waals surface area contributed by atoms with Crippen molar-refractivity contribution in [1.82, 2.24) is 25.5 Å². The fourth-order valence-corrected chi connectivity index (χ4v) is 4.52. The first-order valence-corrected chi connectivity index (χ1v) is 11.0. The number of benzene rings is 2. The molecule has 0 fully saturated rings. The first kappa shape index (κ1) is 23.1. The van der Waals surface area contributed by atoms with E-state index in [2.05, 4.69) is 111 Å². The van der Waals surface area contributed by atoms with Crippen LogP contribution in [-0.2, 0) is 18.6 Å². The molecule has 6 nitrogen and oxygen atoms in total. The second-order valence-corrected chi connectivity index (χ2v) is 10.2. The third-order valence-corrected chi connectivity index (χ3v) is 5.53. The van der Waals surface area contributed by atoms with Gasteiger partial charge >= 0.3 is 0 Å². The van der Waals surface area contributed by atoms with E-state index < -0.39 is 0 Å². The Labute approximate surface area is 186 Å². The van der Waals surface area contributed by atoms with Crippen molar-refractivity contribution in [1.29, 1.82) is 0 Å². The van der Waals surface area contributed by atoms with E-state index >= 15 is 0 Å². The van der Waals surface area contributed by atoms with Crippen molar-refractivity contribution < 1.29 is 0 Å². The Morgan fingerprint density at radius 1 is 1.00 bits per heavy atom. The lowest BCUT2D eigenvalue weighted by molar-refractivity contribution is 0.188. The van der Waals surface area contributed by atoms with Crippen molar-refractivity contribution in [2.45, 2.75) is 72.6 Å². The topological polar surface area (TPSA) is 81.7 Å². The summed E-state index contributed by atoms with van der Waals surface area (Å²) in [6.45, 7) is 14.5. The average Bonchev–Trinajstić information content (AvgIpc) is 3.18. The summed E-state index contributed by atoms with van der Waals surface area (Å²) in [5.41, 5.74) is 10.5. The number of aromatic nitrogens is 4. The molecule has 3 rings (SSSR count). The normalized spacial score (nSPS) is 13.4. The van der Waals surface area contributed by atoms with Gasteiger partial charge in [0.1, 0.15) is 0 Å². The zero-order valence-corrected chi connectivity index (χ0v) is 19.7. The minimum Gasteiger partial charge on any atom is -0.326 e. The van der Waals surface area contributed by atoms with Crippen LogP contribution in [0.25, 0.3) is 0 Å². The third-order valence-electron chi connectivity index (χ3n) is 5.53. The van der Waals surface area contributed by atoms with Crippen LogP contribution in [0.3, 0.4) is 0 Å². The van der Waals surface area contributed by atoms with E-state index in [1.54, 1.807) is 0 Å². The van der Waals surface area contributed by atoms with E-state index in [1.807, 2.05) is 4.68 Å². The molecule has 6 heteroatoms. The maximum absolute atomic E-state index is 5.83. The van der Waals surface area contributed by atoms with Crippen LogP contribution >= 0.6 is 0 Å². The van der Waals surface area contributed by atoms with E-state index in [1.165, 1.54) is 16.7 Å². The van der Waals surface area contributed by atoms with Gasteiger partial charge in [0.15, 0.2) is 5.82 Å². The van der Waals surface area contributed by atoms with Crippen molar-refractivity contribution >= 4 is 0 Å². The standard InChI is InChI=1S/C25H36N6/c1-18-10-7-8-13-21(18)22(27-16-20-12-9-11-19(14-20)15-26)23-28-29-30-31(23)25(5,6)17-24(2,3)4/h7-14,22,27H,15-17,26H2,1-6H3. The van der Waals surface area contributed by atoms with Crippen molar-refractivity contribution in [2.24, 2.45) is 11.1 Å². The monoisotopic (exact) mass is 420 g/mol. The molecule has 1 atom stereocenters. The zero-order chi connectivity index (χ0) is 22.6. The molecule has 0 saturated carbocycles. The molecule has 1 heterocycles. The first-order chi connectivity index (χ1) is 14.6. The molecule has 0 spiro atoms. The molecule has 2 aromatic carbocycles. The van der Waals surface area contributed by atoms with Crippen LogP contribution in [0, 0.1) is 12.3 Å². The predicted molar refractivity (Wildman–Crippen MR) is 125 cm³/mol. The number of nitrogens with zero attached hydrogens (tertiary/aromatic N) is 4. The van der Waals surface area contributed by atoms with Gasteiger partial charge < -0.3 is 5.73 Å². The second-order valence-electron chi connectivity index (χ2n) is 10.2. The first-order valence-electron chi connectivity index (χ1n) is 11.0. The number of rotatable bonds is 8. The molecule has 1 unspecified atom stereocenters. The summed E-state index contributed by atoms with van der Waals surface area (Å²) in [7, 11) is 0. The summed E-state index contributed by atoms with van der Waals surface area (Å²) < 4.78 is 2.00. The maximum Gasteiger partial charge on any atom is 0.173 e. The summed E-state index contributed by atoms with van der Waals surface area (Å²) in [4.78, 5) is 0. The predicted octanol–water partition coefficient (Wildman–Crippen LogP) is 4.49. The highest BCUT2D eigenvalue weighted by atomic mass is 15.6. The lowest BCUT2D eigenvalue weighted by Crippen LogP contribution is -2.36. The number of aryl methyl sites for hydroxylation is 1. The third kappa shape index (κ3) is 5.77. The highest BCUT2D eigenvalue weighted by Gasteiger charge is 2.33. The van der Waals surface area contributed by atoms with Crippen molar-refractivity contribution in [3.05, 3.63) is 76.6 Å². The smallest absolute Gasteiger partial charge is 0.173 e. The van der Waals surface area contributed by atoms with Gasteiger partial charge in [0.25, 0.3) is 0 Å². The fourth-order valence-electron chi connectivity index (χ4n) is 4.52. The fraction of sp³-hybridized carbons (Fsp3) is 0.480. The maximum atomic E-state index is 5.83. The van der Waals surface area contributed by atoms with E-state index in [0.29, 0.717) is 13.1 Å². The van der Waals surface area contributed by atoms with Crippen LogP contribution in [0.1, 0.15) is 75.2 Å². The molecule has 3 N–H and O–H groups in total. The highest BCUT2D eigenvalue weighted by molar-refractivity contribution is 5.33. The molecule has 166 valence electrons. The average molecular weight is 421 g/mol. The Bertz CT molecular complexity index is 999. The Kier molecular flexibility index (Phi) is 6.92. The van der Waals surface area contributed by atoms with Gasteiger partial charge in [-0.3, -0.25) is 5.32 Å². The van der Waals surface area contributed by atoms with Crippen LogP contribution in [0.15, 0.2) is 48.5 Å². The molecular weight excluding hydrogens is 384 g/mol. The van der Waals surface area contributed by atoms with E-state index in [-0.39, 0.29) is 17.0 Å². The molecule has 0 amide bonds. The lowest BCUT2D eigenvalue weighted by Gasteiger charge is -2.34. The van der Waals surface area contributed by atoms with Gasteiger partial charge in [-0.2, -0.15) is 0 Å². The number of hydrogen-bond donors (Lipinski definition) is 2. The largest absolute Gasteiger partial charge is 0.326 e. The van der Waals surface area contributed by atoms with Gasteiger partial charge in [0.2, 0.25) is 0 Å². The molecule has 31 heavy (non-hydrogen) atoms. The van der Waals surface area contributed by atoms with E-state index in [9.17, 15) is 0 Å². The van der Waals surface area contributed by atoms with Crippen LogP contribution in [0.5, 0.6) is 0 Å². The highest BCUT2D eigenvalue weighted by Crippen LogP contribution is 2.34. The van der Waals surface area contributed by atoms with Gasteiger partial charge in [-0.1, -0.05) is 69.3 Å². The van der Waals surface area contributed by atoms with Crippen molar-refractivity contribution in [3.8, 4) is 0 Å². The molecule has 0 radical (unpaired) electrons. The summed E-state index contributed by atoms with van der Waals surface area (Å²) in [5.74, 6) is 0.832. The van der Waals surface area contributed by atoms with Crippen molar-refractivity contribution in [2.75, 3.05) is 0 Å². The van der Waals surface area contributed by atoms with Crippen LogP contribution in [0.2, 0.25) is 0 Å². The minimum absolute atomic E-state index is 0.128. The van der Waals surface area contributed by atoms with Gasteiger partial charge in [-0.25, -0.2) is 4.68 Å². The Morgan fingerprint density at radius 3 is 2.39 bits per heavy atom. The second kappa shape index (κ2) is 9.28. The number of nitrogens with two attached hydrogens (primary N) is 1. The summed E-state index contributed by atoms with van der Waals surface area (Å²) in [6.07, 6.45) is 0.955. The van der Waals surface area contributed by atoms with Gasteiger partial charge in [-0.05, 0) is 65.3 Å². The quantitative estimate of drug-likeness (QED) is 0.561. The molecular formula is C25H36N6. The van der Waals surface area contributed by atoms with E-state index in [4.69, 9.17) is 5.73 Å². The summed E-state index contributed by atoms with van der Waals surface area (Å²) >= 11 is 0. The number of hydrogen-bond acceptors (Lipinski definition) is 5.